The first kappa shape index (κ1) is 77.6. The van der Waals surface area contributed by atoms with Crippen LogP contribution in [-0.4, -0.2) is 89.2 Å². The molecule has 12 heteroatoms. The molecule has 1 fully saturated rings. The van der Waals surface area contributed by atoms with Crippen LogP contribution in [0.4, 0.5) is 0 Å². The van der Waals surface area contributed by atoms with Gasteiger partial charge in [0, 0.05) is 19.3 Å². The molecule has 1 aliphatic heterocycles. The van der Waals surface area contributed by atoms with Gasteiger partial charge >= 0.3 is 23.9 Å². The summed E-state index contributed by atoms with van der Waals surface area (Å²) in [6.45, 7) is 5.70. The third-order valence-corrected chi connectivity index (χ3v) is 13.9. The van der Waals surface area contributed by atoms with Crippen LogP contribution in [0, 0.1) is 0 Å². The number of rotatable bonds is 54. The zero-order valence-electron chi connectivity index (χ0n) is 52.8. The van der Waals surface area contributed by atoms with Gasteiger partial charge in [-0.1, -0.05) is 224 Å². The molecule has 0 aromatic rings. The minimum atomic E-state index is -1.93. The number of carboxylic acid groups (broad SMARTS) is 1. The van der Waals surface area contributed by atoms with Crippen LogP contribution in [0.1, 0.15) is 239 Å². The first-order chi connectivity index (χ1) is 41.6. The van der Waals surface area contributed by atoms with Crippen molar-refractivity contribution in [2.75, 3.05) is 13.2 Å². The largest absolute Gasteiger partial charge is 0.479 e. The molecule has 12 nitrogen and oxygen atoms in total. The highest BCUT2D eigenvalue weighted by atomic mass is 16.7. The van der Waals surface area contributed by atoms with Gasteiger partial charge in [-0.25, -0.2) is 4.79 Å². The van der Waals surface area contributed by atoms with E-state index in [-0.39, 0.29) is 25.9 Å². The molecule has 0 radical (unpaired) electrons. The Bertz CT molecular complexity index is 2030. The molecule has 0 aromatic carbocycles. The summed E-state index contributed by atoms with van der Waals surface area (Å²) in [5.41, 5.74) is 0. The highest BCUT2D eigenvalue weighted by Crippen LogP contribution is 2.26. The zero-order valence-corrected chi connectivity index (χ0v) is 52.8. The van der Waals surface area contributed by atoms with Gasteiger partial charge in [0.2, 0.25) is 0 Å². The minimum Gasteiger partial charge on any atom is -0.479 e. The molecule has 1 saturated heterocycles. The second kappa shape index (κ2) is 59.0. The Kier molecular flexibility index (Phi) is 53.8. The maximum Gasteiger partial charge on any atom is 0.335 e. The highest BCUT2D eigenvalue weighted by molar-refractivity contribution is 5.74. The molecule has 0 bridgehead atoms. The number of hydrogen-bond donors (Lipinski definition) is 3. The van der Waals surface area contributed by atoms with E-state index in [2.05, 4.69) is 167 Å². The van der Waals surface area contributed by atoms with Gasteiger partial charge in [-0.05, 0) is 141 Å². The van der Waals surface area contributed by atoms with Crippen LogP contribution >= 0.6 is 0 Å². The van der Waals surface area contributed by atoms with Crippen LogP contribution in [0.25, 0.3) is 0 Å². The number of unbranched alkanes of at least 4 members (excludes halogenated alkanes) is 16. The third-order valence-electron chi connectivity index (χ3n) is 13.9. The maximum absolute atomic E-state index is 13.2. The van der Waals surface area contributed by atoms with Crippen LogP contribution in [-0.2, 0) is 42.9 Å². The minimum absolute atomic E-state index is 0.00846. The molecule has 0 amide bonds. The molecule has 0 aliphatic carbocycles. The number of aliphatic carboxylic acids is 1. The second-order valence-electron chi connectivity index (χ2n) is 21.6. The lowest BCUT2D eigenvalue weighted by Gasteiger charge is -2.40. The van der Waals surface area contributed by atoms with E-state index in [1.54, 1.807) is 0 Å². The highest BCUT2D eigenvalue weighted by Gasteiger charge is 2.50. The molecular weight excluding hydrogens is 1070 g/mol. The Morgan fingerprint density at radius 3 is 1.14 bits per heavy atom. The average Bonchev–Trinajstić information content (AvgIpc) is 2.79. The quantitative estimate of drug-likeness (QED) is 0.0228. The predicted molar refractivity (Wildman–Crippen MR) is 349 cm³/mol. The Hall–Kier alpha value is -5.40. The standard InChI is InChI=1S/C73H114O12/c1-4-7-10-13-16-19-22-25-28-31-33-36-38-41-44-47-50-53-56-59-65(74)81-62-64(83-66(75)60-57-54-51-48-45-42-39-35-30-27-24-21-18-15-12-9-6-3)63-82-73-71(69(78)68(77)70(85-73)72(79)80)84-67(76)61-58-55-52-49-46-43-40-37-34-32-29-26-23-20-17-14-11-8-5-2/h8-9,11-12,16-21,25-30,33-34,36-37,39,42-43,46,64,68-71,73,77-78H,4-7,10,13-15,22-24,31-32,35,38,40-41,44-45,47-63H2,1-3H3,(H,79,80)/b11-8-,12-9-,19-16-,20-17-,21-18-,28-25-,29-26-,30-27-,36-33-,37-34-,42-39-,46-43-. The Labute approximate surface area is 514 Å². The predicted octanol–water partition coefficient (Wildman–Crippen LogP) is 17.9. The first-order valence-corrected chi connectivity index (χ1v) is 32.8. The van der Waals surface area contributed by atoms with E-state index in [9.17, 15) is 34.5 Å². The molecule has 85 heavy (non-hydrogen) atoms. The molecule has 6 atom stereocenters. The summed E-state index contributed by atoms with van der Waals surface area (Å²) in [6, 6.07) is 0. The summed E-state index contributed by atoms with van der Waals surface area (Å²) in [5.74, 6) is -3.23. The van der Waals surface area contributed by atoms with E-state index in [4.69, 9.17) is 23.7 Å². The van der Waals surface area contributed by atoms with Crippen LogP contribution in [0.15, 0.2) is 146 Å². The summed E-state index contributed by atoms with van der Waals surface area (Å²) in [6.07, 6.45) is 72.2. The van der Waals surface area contributed by atoms with E-state index < -0.39 is 67.3 Å². The fourth-order valence-corrected chi connectivity index (χ4v) is 8.92. The van der Waals surface area contributed by atoms with Crippen LogP contribution in [0.3, 0.4) is 0 Å². The lowest BCUT2D eigenvalue weighted by atomic mass is 9.98. The van der Waals surface area contributed by atoms with Gasteiger partial charge in [-0.2, -0.15) is 0 Å². The molecule has 478 valence electrons. The van der Waals surface area contributed by atoms with Crippen molar-refractivity contribution in [2.45, 2.75) is 276 Å². The summed E-state index contributed by atoms with van der Waals surface area (Å²) < 4.78 is 28.5. The van der Waals surface area contributed by atoms with Crippen LogP contribution < -0.4 is 0 Å². The first-order valence-electron chi connectivity index (χ1n) is 32.8. The monoisotopic (exact) mass is 1180 g/mol. The molecule has 6 unspecified atom stereocenters. The van der Waals surface area contributed by atoms with E-state index in [0.717, 1.165) is 154 Å². The van der Waals surface area contributed by atoms with Crippen molar-refractivity contribution in [2.24, 2.45) is 0 Å². The van der Waals surface area contributed by atoms with Gasteiger partial charge in [0.05, 0.1) is 6.61 Å². The van der Waals surface area contributed by atoms with E-state index in [1.165, 1.54) is 25.7 Å². The van der Waals surface area contributed by atoms with E-state index in [0.29, 0.717) is 19.3 Å². The molecule has 0 spiro atoms. The number of aliphatic hydroxyl groups is 2. The van der Waals surface area contributed by atoms with E-state index in [1.807, 2.05) is 0 Å². The number of ether oxygens (including phenoxy) is 5. The lowest BCUT2D eigenvalue weighted by molar-refractivity contribution is -0.301. The van der Waals surface area contributed by atoms with Crippen molar-refractivity contribution in [3.63, 3.8) is 0 Å². The molecule has 3 N–H and O–H groups in total. The van der Waals surface area contributed by atoms with Crippen molar-refractivity contribution in [1.82, 2.24) is 0 Å². The fraction of sp³-hybridized carbons (Fsp3) is 0.616. The molecule has 0 saturated carbocycles. The smallest absolute Gasteiger partial charge is 0.335 e. The Morgan fingerprint density at radius 1 is 0.400 bits per heavy atom. The van der Waals surface area contributed by atoms with Crippen LogP contribution in [0.2, 0.25) is 0 Å². The van der Waals surface area contributed by atoms with Crippen molar-refractivity contribution in [1.29, 1.82) is 0 Å². The average molecular weight is 1180 g/mol. The van der Waals surface area contributed by atoms with Gasteiger partial charge in [-0.3, -0.25) is 14.4 Å². The van der Waals surface area contributed by atoms with Crippen molar-refractivity contribution in [3.05, 3.63) is 146 Å². The fourth-order valence-electron chi connectivity index (χ4n) is 8.92. The Morgan fingerprint density at radius 2 is 0.741 bits per heavy atom. The SMILES string of the molecule is CC/C=C\C/C=C\C/C=C\C/C=C\C/C=C\CCCCCC(=O)OC1C(OCC(COC(=O)CCCCCCCC/C=C\C/C=C\C/C=C\CCCCC)OC(=O)CCCCCC/C=C\C/C=C\C/C=C\C/C=C\CC)OC(C(=O)O)C(O)C1O. The molecular formula is C73H114O12. The summed E-state index contributed by atoms with van der Waals surface area (Å²) in [4.78, 5) is 51.4. The lowest BCUT2D eigenvalue weighted by Crippen LogP contribution is -2.61. The molecule has 1 heterocycles. The molecule has 0 aromatic heterocycles. The third kappa shape index (κ3) is 48.4. The Balaban J connectivity index is 2.72. The van der Waals surface area contributed by atoms with Gasteiger partial charge in [0.15, 0.2) is 24.6 Å². The van der Waals surface area contributed by atoms with Crippen LogP contribution in [0.5, 0.6) is 0 Å². The van der Waals surface area contributed by atoms with Gasteiger partial charge in [0.1, 0.15) is 18.8 Å². The summed E-state index contributed by atoms with van der Waals surface area (Å²) >= 11 is 0. The molecule has 1 aliphatic rings. The van der Waals surface area contributed by atoms with E-state index >= 15 is 0 Å². The summed E-state index contributed by atoms with van der Waals surface area (Å²) in [5, 5.41) is 31.6. The second-order valence-corrected chi connectivity index (χ2v) is 21.6. The maximum atomic E-state index is 13.2. The number of carboxylic acids is 1. The van der Waals surface area contributed by atoms with Crippen molar-refractivity contribution >= 4 is 23.9 Å². The molecule has 1 rings (SSSR count). The number of carbonyl (C=O) groups is 4. The number of carbonyl (C=O) groups excluding carboxylic acids is 3. The number of aliphatic hydroxyl groups excluding tert-OH is 2. The van der Waals surface area contributed by atoms with Crippen molar-refractivity contribution < 1.29 is 58.2 Å². The van der Waals surface area contributed by atoms with Gasteiger partial charge < -0.3 is 39.0 Å². The van der Waals surface area contributed by atoms with Gasteiger partial charge in [-0.15, -0.1) is 0 Å². The number of esters is 3. The summed E-state index contributed by atoms with van der Waals surface area (Å²) in [7, 11) is 0. The van der Waals surface area contributed by atoms with Gasteiger partial charge in [0.25, 0.3) is 0 Å². The topological polar surface area (TPSA) is 175 Å². The van der Waals surface area contributed by atoms with Crippen molar-refractivity contribution in [3.8, 4) is 0 Å². The zero-order chi connectivity index (χ0) is 61.7. The number of hydrogen-bond acceptors (Lipinski definition) is 11. The number of allylic oxidation sites excluding steroid dienone is 24. The normalized spacial score (nSPS) is 18.4.